The van der Waals surface area contributed by atoms with E-state index >= 15 is 0 Å². The lowest BCUT2D eigenvalue weighted by Gasteiger charge is -2.31. The highest BCUT2D eigenvalue weighted by Gasteiger charge is 2.25. The van der Waals surface area contributed by atoms with E-state index in [2.05, 4.69) is 10.2 Å². The molecular weight excluding hydrogens is 424 g/mol. The lowest BCUT2D eigenvalue weighted by Crippen LogP contribution is -2.32. The number of carbonyl (C=O) groups is 1. The molecule has 0 saturated carbocycles. The highest BCUT2D eigenvalue weighted by atomic mass is 32.2. The number of benzene rings is 2. The van der Waals surface area contributed by atoms with Crippen molar-refractivity contribution in [1.82, 2.24) is 4.31 Å². The van der Waals surface area contributed by atoms with Crippen molar-refractivity contribution in [1.29, 1.82) is 0 Å². The van der Waals surface area contributed by atoms with Crippen molar-refractivity contribution in [2.75, 3.05) is 36.4 Å². The van der Waals surface area contributed by atoms with Crippen LogP contribution >= 0.6 is 0 Å². The van der Waals surface area contributed by atoms with Crippen LogP contribution in [-0.2, 0) is 10.0 Å². The number of rotatable bonds is 7. The molecule has 0 aliphatic carbocycles. The summed E-state index contributed by atoms with van der Waals surface area (Å²) in [6.45, 7) is 5.68. The molecule has 1 fully saturated rings. The Hall–Kier alpha value is -2.52. The standard InChI is InChI=1S/C22H27F2N3O3S/c1-3-27(4-2)31(29,30)17-9-11-21(26-12-6-5-7-13-26)20(15-17)25-22(28)18-10-8-16(23)14-19(18)24/h8-11,14-15H,3-7,12-13H2,1-2H3,(H,25,28). The number of hydrogen-bond donors (Lipinski definition) is 1. The number of amides is 1. The van der Waals surface area contributed by atoms with Crippen molar-refractivity contribution in [3.8, 4) is 0 Å². The first-order valence-electron chi connectivity index (χ1n) is 10.4. The summed E-state index contributed by atoms with van der Waals surface area (Å²) in [5.41, 5.74) is 0.640. The van der Waals surface area contributed by atoms with E-state index in [9.17, 15) is 22.0 Å². The van der Waals surface area contributed by atoms with Crippen molar-refractivity contribution in [2.45, 2.75) is 38.0 Å². The lowest BCUT2D eigenvalue weighted by atomic mass is 10.1. The summed E-state index contributed by atoms with van der Waals surface area (Å²) in [6, 6.07) is 7.34. The Labute approximate surface area is 181 Å². The molecule has 1 aliphatic heterocycles. The minimum atomic E-state index is -3.75. The minimum absolute atomic E-state index is 0.0480. The molecule has 1 N–H and O–H groups in total. The average molecular weight is 452 g/mol. The number of carbonyl (C=O) groups excluding carboxylic acids is 1. The highest BCUT2D eigenvalue weighted by Crippen LogP contribution is 2.32. The van der Waals surface area contributed by atoms with Crippen LogP contribution in [0.5, 0.6) is 0 Å². The number of nitrogens with one attached hydrogen (secondary N) is 1. The Bertz CT molecular complexity index is 1050. The molecule has 0 atom stereocenters. The van der Waals surface area contributed by atoms with Crippen molar-refractivity contribution in [3.63, 3.8) is 0 Å². The molecule has 2 aromatic carbocycles. The molecule has 0 bridgehead atoms. The fourth-order valence-corrected chi connectivity index (χ4v) is 5.25. The van der Waals surface area contributed by atoms with Gasteiger partial charge in [-0.25, -0.2) is 17.2 Å². The lowest BCUT2D eigenvalue weighted by molar-refractivity contribution is 0.102. The van der Waals surface area contributed by atoms with Gasteiger partial charge in [0.1, 0.15) is 11.6 Å². The van der Waals surface area contributed by atoms with E-state index in [1.807, 2.05) is 0 Å². The summed E-state index contributed by atoms with van der Waals surface area (Å²) in [5, 5.41) is 2.65. The van der Waals surface area contributed by atoms with Crippen LogP contribution < -0.4 is 10.2 Å². The van der Waals surface area contributed by atoms with Gasteiger partial charge in [0.2, 0.25) is 10.0 Å². The van der Waals surface area contributed by atoms with Gasteiger partial charge in [-0.15, -0.1) is 0 Å². The Morgan fingerprint density at radius 3 is 2.32 bits per heavy atom. The topological polar surface area (TPSA) is 69.7 Å². The third-order valence-corrected chi connectivity index (χ3v) is 7.48. The van der Waals surface area contributed by atoms with Gasteiger partial charge in [0.15, 0.2) is 0 Å². The molecule has 0 unspecified atom stereocenters. The Balaban J connectivity index is 2.02. The zero-order valence-corrected chi connectivity index (χ0v) is 18.5. The second-order valence-corrected chi connectivity index (χ2v) is 9.33. The number of hydrogen-bond acceptors (Lipinski definition) is 4. The van der Waals surface area contributed by atoms with Crippen molar-refractivity contribution in [2.24, 2.45) is 0 Å². The summed E-state index contributed by atoms with van der Waals surface area (Å²) >= 11 is 0. The van der Waals surface area contributed by atoms with Crippen LogP contribution in [0.15, 0.2) is 41.3 Å². The number of anilines is 2. The van der Waals surface area contributed by atoms with Crippen LogP contribution in [0.25, 0.3) is 0 Å². The summed E-state index contributed by atoms with van der Waals surface area (Å²) in [7, 11) is -3.75. The van der Waals surface area contributed by atoms with E-state index in [4.69, 9.17) is 0 Å². The second-order valence-electron chi connectivity index (χ2n) is 7.39. The number of sulfonamides is 1. The normalized spacial score (nSPS) is 14.7. The maximum absolute atomic E-state index is 14.1. The van der Waals surface area contributed by atoms with Gasteiger partial charge in [-0.1, -0.05) is 13.8 Å². The zero-order chi connectivity index (χ0) is 22.6. The maximum atomic E-state index is 14.1. The van der Waals surface area contributed by atoms with E-state index in [1.165, 1.54) is 16.4 Å². The van der Waals surface area contributed by atoms with Gasteiger partial charge in [0, 0.05) is 32.2 Å². The van der Waals surface area contributed by atoms with E-state index in [0.29, 0.717) is 24.8 Å². The van der Waals surface area contributed by atoms with Crippen LogP contribution in [0.4, 0.5) is 20.2 Å². The predicted octanol–water partition coefficient (Wildman–Crippen LogP) is 4.24. The monoisotopic (exact) mass is 451 g/mol. The molecule has 0 radical (unpaired) electrons. The molecule has 168 valence electrons. The molecule has 0 spiro atoms. The number of piperidine rings is 1. The SMILES string of the molecule is CCN(CC)S(=O)(=O)c1ccc(N2CCCCC2)c(NC(=O)c2ccc(F)cc2F)c1. The van der Waals surface area contributed by atoms with E-state index in [1.54, 1.807) is 19.9 Å². The van der Waals surface area contributed by atoms with Crippen LogP contribution in [-0.4, -0.2) is 44.8 Å². The minimum Gasteiger partial charge on any atom is -0.370 e. The second kappa shape index (κ2) is 9.74. The molecule has 1 saturated heterocycles. The number of halogens is 2. The fourth-order valence-electron chi connectivity index (χ4n) is 3.76. The van der Waals surface area contributed by atoms with Gasteiger partial charge < -0.3 is 10.2 Å². The fraction of sp³-hybridized carbons (Fsp3) is 0.409. The van der Waals surface area contributed by atoms with Gasteiger partial charge >= 0.3 is 0 Å². The third-order valence-electron chi connectivity index (χ3n) is 5.43. The van der Waals surface area contributed by atoms with Crippen molar-refractivity contribution in [3.05, 3.63) is 53.6 Å². The molecular formula is C22H27F2N3O3S. The first-order valence-corrected chi connectivity index (χ1v) is 11.9. The van der Waals surface area contributed by atoms with Gasteiger partial charge in [-0.05, 0) is 49.6 Å². The van der Waals surface area contributed by atoms with E-state index in [0.717, 1.165) is 44.5 Å². The van der Waals surface area contributed by atoms with Gasteiger partial charge in [-0.3, -0.25) is 4.79 Å². The Kier molecular flexibility index (Phi) is 7.27. The quantitative estimate of drug-likeness (QED) is 0.684. The van der Waals surface area contributed by atoms with Crippen LogP contribution in [0.2, 0.25) is 0 Å². The summed E-state index contributed by atoms with van der Waals surface area (Å²) in [6.07, 6.45) is 3.08. The average Bonchev–Trinajstić information content (AvgIpc) is 2.75. The molecule has 9 heteroatoms. The molecule has 1 heterocycles. The predicted molar refractivity (Wildman–Crippen MR) is 117 cm³/mol. The first-order chi connectivity index (χ1) is 14.8. The van der Waals surface area contributed by atoms with E-state index in [-0.39, 0.29) is 16.1 Å². The molecule has 2 aromatic rings. The van der Waals surface area contributed by atoms with Crippen molar-refractivity contribution < 1.29 is 22.0 Å². The van der Waals surface area contributed by atoms with Crippen molar-refractivity contribution >= 4 is 27.3 Å². The van der Waals surface area contributed by atoms with E-state index < -0.39 is 27.6 Å². The summed E-state index contributed by atoms with van der Waals surface area (Å²) in [4.78, 5) is 14.9. The molecule has 3 rings (SSSR count). The zero-order valence-electron chi connectivity index (χ0n) is 17.7. The molecule has 1 aliphatic rings. The number of nitrogens with zero attached hydrogens (tertiary/aromatic N) is 2. The molecule has 6 nitrogen and oxygen atoms in total. The Morgan fingerprint density at radius 1 is 1.03 bits per heavy atom. The third kappa shape index (κ3) is 5.04. The van der Waals surface area contributed by atoms with Gasteiger partial charge in [0.05, 0.1) is 21.8 Å². The maximum Gasteiger partial charge on any atom is 0.258 e. The Morgan fingerprint density at radius 2 is 1.71 bits per heavy atom. The summed E-state index contributed by atoms with van der Waals surface area (Å²) in [5.74, 6) is -2.53. The summed E-state index contributed by atoms with van der Waals surface area (Å²) < 4.78 is 54.6. The van der Waals surface area contributed by atoms with Gasteiger partial charge in [0.25, 0.3) is 5.91 Å². The molecule has 1 amide bonds. The van der Waals surface area contributed by atoms with Gasteiger partial charge in [-0.2, -0.15) is 4.31 Å². The molecule has 31 heavy (non-hydrogen) atoms. The largest absolute Gasteiger partial charge is 0.370 e. The highest BCUT2D eigenvalue weighted by molar-refractivity contribution is 7.89. The first kappa shape index (κ1) is 23.1. The smallest absolute Gasteiger partial charge is 0.258 e. The van der Waals surface area contributed by atoms with Crippen LogP contribution in [0, 0.1) is 11.6 Å². The molecule has 0 aromatic heterocycles. The van der Waals surface area contributed by atoms with Crippen LogP contribution in [0.3, 0.4) is 0 Å². The van der Waals surface area contributed by atoms with Crippen LogP contribution in [0.1, 0.15) is 43.5 Å².